The van der Waals surface area contributed by atoms with E-state index in [1.54, 1.807) is 20.5 Å². The highest BCUT2D eigenvalue weighted by Crippen LogP contribution is 2.33. The Kier molecular flexibility index (Phi) is 3.87. The zero-order valence-corrected chi connectivity index (χ0v) is 13.7. The van der Waals surface area contributed by atoms with Crippen molar-refractivity contribution in [3.8, 4) is 11.5 Å². The van der Waals surface area contributed by atoms with Crippen LogP contribution in [0.5, 0.6) is 11.5 Å². The number of hydrogen-bond donors (Lipinski definition) is 1. The molecule has 1 aromatic heterocycles. The molecule has 0 spiro atoms. The van der Waals surface area contributed by atoms with E-state index in [1.807, 2.05) is 12.1 Å². The molecule has 22 heavy (non-hydrogen) atoms. The van der Waals surface area contributed by atoms with E-state index >= 15 is 0 Å². The second-order valence-electron chi connectivity index (χ2n) is 6.57. The van der Waals surface area contributed by atoms with E-state index in [-0.39, 0.29) is 5.54 Å². The van der Waals surface area contributed by atoms with E-state index < -0.39 is 0 Å². The van der Waals surface area contributed by atoms with E-state index in [0.717, 1.165) is 36.8 Å². The van der Waals surface area contributed by atoms with E-state index in [4.69, 9.17) is 13.9 Å². The SMILES string of the molecule is COc1cc2c(cc1OC)CC(C)(C)[NH+](Cc1ccco1)C2. The Bertz CT molecular complexity index is 647. The number of fused-ring (bicyclic) bond motifs is 1. The summed E-state index contributed by atoms with van der Waals surface area (Å²) in [5, 5.41) is 0. The number of hydrogen-bond acceptors (Lipinski definition) is 3. The van der Waals surface area contributed by atoms with Crippen LogP contribution >= 0.6 is 0 Å². The van der Waals surface area contributed by atoms with Crippen molar-refractivity contribution in [2.45, 2.75) is 38.9 Å². The third-order valence-corrected chi connectivity index (χ3v) is 4.67. The molecular formula is C18H24NO3+. The second-order valence-corrected chi connectivity index (χ2v) is 6.57. The average Bonchev–Trinajstić information content (AvgIpc) is 2.99. The molecule has 4 heteroatoms. The predicted octanol–water partition coefficient (Wildman–Crippen LogP) is 2.22. The standard InChI is InChI=1S/C18H23NO3/c1-18(2)10-13-8-16(20-3)17(21-4)9-14(13)11-19(18)12-15-6-5-7-22-15/h5-9H,10-12H2,1-4H3/p+1. The van der Waals surface area contributed by atoms with Crippen molar-refractivity contribution < 1.29 is 18.8 Å². The second kappa shape index (κ2) is 5.69. The number of rotatable bonds is 4. The van der Waals surface area contributed by atoms with Gasteiger partial charge in [-0.3, -0.25) is 0 Å². The number of ether oxygens (including phenoxy) is 2. The molecule has 4 nitrogen and oxygen atoms in total. The zero-order chi connectivity index (χ0) is 15.7. The van der Waals surface area contributed by atoms with Gasteiger partial charge in [-0.15, -0.1) is 0 Å². The molecule has 1 aromatic carbocycles. The van der Waals surface area contributed by atoms with Gasteiger partial charge in [-0.25, -0.2) is 0 Å². The van der Waals surface area contributed by atoms with Gasteiger partial charge in [0.05, 0.1) is 26.0 Å². The van der Waals surface area contributed by atoms with Gasteiger partial charge in [-0.1, -0.05) is 0 Å². The number of methoxy groups -OCH3 is 2. The monoisotopic (exact) mass is 302 g/mol. The van der Waals surface area contributed by atoms with Crippen molar-refractivity contribution >= 4 is 0 Å². The van der Waals surface area contributed by atoms with Crippen LogP contribution in [0.4, 0.5) is 0 Å². The smallest absolute Gasteiger partial charge is 0.161 e. The summed E-state index contributed by atoms with van der Waals surface area (Å²) >= 11 is 0. The van der Waals surface area contributed by atoms with E-state index in [1.165, 1.54) is 16.0 Å². The molecule has 2 heterocycles. The fraction of sp³-hybridized carbons (Fsp3) is 0.444. The van der Waals surface area contributed by atoms with Crippen LogP contribution < -0.4 is 14.4 Å². The molecule has 118 valence electrons. The minimum Gasteiger partial charge on any atom is -0.493 e. The summed E-state index contributed by atoms with van der Waals surface area (Å²) in [6.45, 7) is 6.48. The maximum atomic E-state index is 5.53. The average molecular weight is 302 g/mol. The number of benzene rings is 1. The molecule has 0 fully saturated rings. The Labute approximate surface area is 131 Å². The van der Waals surface area contributed by atoms with Gasteiger partial charge in [0.2, 0.25) is 0 Å². The van der Waals surface area contributed by atoms with Crippen LogP contribution in [-0.4, -0.2) is 19.8 Å². The molecule has 0 aliphatic carbocycles. The van der Waals surface area contributed by atoms with Crippen LogP contribution in [0.2, 0.25) is 0 Å². The van der Waals surface area contributed by atoms with Crippen LogP contribution in [0.3, 0.4) is 0 Å². The van der Waals surface area contributed by atoms with Crippen LogP contribution in [0.25, 0.3) is 0 Å². The van der Waals surface area contributed by atoms with Gasteiger partial charge in [-0.05, 0) is 43.7 Å². The first kappa shape index (κ1) is 15.0. The Hall–Kier alpha value is -1.94. The van der Waals surface area contributed by atoms with E-state index in [9.17, 15) is 0 Å². The first-order chi connectivity index (χ1) is 10.5. The summed E-state index contributed by atoms with van der Waals surface area (Å²) in [4.78, 5) is 1.50. The van der Waals surface area contributed by atoms with Crippen molar-refractivity contribution in [3.63, 3.8) is 0 Å². The molecule has 1 N–H and O–H groups in total. The molecule has 2 aromatic rings. The lowest BCUT2D eigenvalue weighted by Gasteiger charge is -2.40. The van der Waals surface area contributed by atoms with Gasteiger partial charge in [-0.2, -0.15) is 0 Å². The Morgan fingerprint density at radius 3 is 2.41 bits per heavy atom. The molecule has 1 atom stereocenters. The number of quaternary nitrogens is 1. The summed E-state index contributed by atoms with van der Waals surface area (Å²) < 4.78 is 16.4. The maximum absolute atomic E-state index is 5.53. The summed E-state index contributed by atoms with van der Waals surface area (Å²) in [5.41, 5.74) is 2.84. The summed E-state index contributed by atoms with van der Waals surface area (Å²) in [5.74, 6) is 2.65. The Morgan fingerprint density at radius 1 is 1.14 bits per heavy atom. The van der Waals surface area contributed by atoms with Gasteiger partial charge in [0.1, 0.15) is 13.1 Å². The summed E-state index contributed by atoms with van der Waals surface area (Å²) in [6, 6.07) is 8.24. The van der Waals surface area contributed by atoms with Crippen molar-refractivity contribution in [1.29, 1.82) is 0 Å². The normalized spacial score (nSPS) is 19.5. The fourth-order valence-electron chi connectivity index (χ4n) is 3.29. The molecule has 0 saturated heterocycles. The molecule has 0 bridgehead atoms. The van der Waals surface area contributed by atoms with Gasteiger partial charge < -0.3 is 18.8 Å². The van der Waals surface area contributed by atoms with Gasteiger partial charge in [0.15, 0.2) is 17.3 Å². The lowest BCUT2D eigenvalue weighted by molar-refractivity contribution is -0.977. The molecule has 1 unspecified atom stereocenters. The molecule has 1 aliphatic heterocycles. The first-order valence-corrected chi connectivity index (χ1v) is 7.65. The van der Waals surface area contributed by atoms with Crippen LogP contribution in [-0.2, 0) is 19.5 Å². The minimum absolute atomic E-state index is 0.152. The lowest BCUT2D eigenvalue weighted by atomic mass is 9.85. The van der Waals surface area contributed by atoms with E-state index in [0.29, 0.717) is 0 Å². The Morgan fingerprint density at radius 2 is 1.82 bits per heavy atom. The minimum atomic E-state index is 0.152. The lowest BCUT2D eigenvalue weighted by Crippen LogP contribution is -3.18. The maximum Gasteiger partial charge on any atom is 0.161 e. The van der Waals surface area contributed by atoms with Gasteiger partial charge in [0, 0.05) is 12.0 Å². The van der Waals surface area contributed by atoms with Crippen LogP contribution in [0, 0.1) is 0 Å². The summed E-state index contributed by atoms with van der Waals surface area (Å²) in [7, 11) is 3.37. The van der Waals surface area contributed by atoms with Crippen molar-refractivity contribution in [3.05, 3.63) is 47.4 Å². The van der Waals surface area contributed by atoms with E-state index in [2.05, 4.69) is 26.0 Å². The quantitative estimate of drug-likeness (QED) is 0.941. The predicted molar refractivity (Wildman–Crippen MR) is 84.4 cm³/mol. The largest absolute Gasteiger partial charge is 0.493 e. The third-order valence-electron chi connectivity index (χ3n) is 4.67. The highest BCUT2D eigenvalue weighted by molar-refractivity contribution is 5.48. The number of furan rings is 1. The van der Waals surface area contributed by atoms with Crippen molar-refractivity contribution in [2.75, 3.05) is 14.2 Å². The first-order valence-electron chi connectivity index (χ1n) is 7.65. The third kappa shape index (κ3) is 2.71. The molecule has 3 rings (SSSR count). The fourth-order valence-corrected chi connectivity index (χ4v) is 3.29. The molecule has 0 saturated carbocycles. The van der Waals surface area contributed by atoms with Gasteiger partial charge in [0.25, 0.3) is 0 Å². The summed E-state index contributed by atoms with van der Waals surface area (Å²) in [6.07, 6.45) is 2.76. The topological polar surface area (TPSA) is 36.0 Å². The highest BCUT2D eigenvalue weighted by Gasteiger charge is 2.37. The highest BCUT2D eigenvalue weighted by atomic mass is 16.5. The Balaban J connectivity index is 1.92. The van der Waals surface area contributed by atoms with Gasteiger partial charge >= 0.3 is 0 Å². The molecule has 1 aliphatic rings. The molecule has 0 radical (unpaired) electrons. The van der Waals surface area contributed by atoms with Crippen LogP contribution in [0.15, 0.2) is 34.9 Å². The molecule has 0 amide bonds. The number of nitrogens with one attached hydrogen (secondary N) is 1. The van der Waals surface area contributed by atoms with Crippen LogP contribution in [0.1, 0.15) is 30.7 Å². The van der Waals surface area contributed by atoms with Crippen molar-refractivity contribution in [1.82, 2.24) is 0 Å². The van der Waals surface area contributed by atoms with Crippen molar-refractivity contribution in [2.24, 2.45) is 0 Å². The zero-order valence-electron chi connectivity index (χ0n) is 13.7. The molecular weight excluding hydrogens is 278 g/mol.